The summed E-state index contributed by atoms with van der Waals surface area (Å²) in [7, 11) is -3.73. The zero-order valence-corrected chi connectivity index (χ0v) is 10.6. The number of amides is 1. The maximum absolute atomic E-state index is 11.6. The van der Waals surface area contributed by atoms with Gasteiger partial charge < -0.3 is 11.1 Å². The molecular weight excluding hydrogens is 262 g/mol. The van der Waals surface area contributed by atoms with Gasteiger partial charge in [-0.05, 0) is 36.5 Å². The van der Waals surface area contributed by atoms with Gasteiger partial charge in [0.1, 0.15) is 0 Å². The fourth-order valence-electron chi connectivity index (χ4n) is 1.11. The van der Waals surface area contributed by atoms with Crippen molar-refractivity contribution in [3.05, 3.63) is 24.3 Å². The molecule has 0 aromatic heterocycles. The van der Waals surface area contributed by atoms with E-state index >= 15 is 0 Å². The van der Waals surface area contributed by atoms with Crippen molar-refractivity contribution in [3.63, 3.8) is 0 Å². The van der Waals surface area contributed by atoms with E-state index in [-0.39, 0.29) is 15.9 Å². The van der Waals surface area contributed by atoms with E-state index < -0.39 is 10.0 Å². The summed E-state index contributed by atoms with van der Waals surface area (Å²) in [4.78, 5) is 10.8. The molecule has 0 radical (unpaired) electrons. The Morgan fingerprint density at radius 2 is 1.82 bits per heavy atom. The van der Waals surface area contributed by atoms with Gasteiger partial charge in [-0.3, -0.25) is 9.52 Å². The van der Waals surface area contributed by atoms with Crippen molar-refractivity contribution < 1.29 is 13.2 Å². The Bertz CT molecular complexity index is 537. The first-order valence-electron chi connectivity index (χ1n) is 4.51. The smallest absolute Gasteiger partial charge is 0.263 e. The van der Waals surface area contributed by atoms with Crippen LogP contribution in [0.25, 0.3) is 0 Å². The third-order valence-corrected chi connectivity index (χ3v) is 3.33. The van der Waals surface area contributed by atoms with Crippen LogP contribution < -0.4 is 15.8 Å². The van der Waals surface area contributed by atoms with Crippen LogP contribution in [0.15, 0.2) is 29.2 Å². The molecule has 0 saturated heterocycles. The van der Waals surface area contributed by atoms with Crippen LogP contribution >= 0.6 is 12.2 Å². The molecule has 0 atom stereocenters. The van der Waals surface area contributed by atoms with Gasteiger partial charge in [0.15, 0.2) is 5.11 Å². The summed E-state index contributed by atoms with van der Waals surface area (Å²) in [6.07, 6.45) is 0. The second kappa shape index (κ2) is 5.11. The Hall–Kier alpha value is -1.67. The van der Waals surface area contributed by atoms with E-state index in [0.717, 1.165) is 0 Å². The number of anilines is 1. The standard InChI is InChI=1S/C9H11N3O3S2/c1-6(13)11-7-2-4-8(5-3-7)17(14,15)12-9(10)16/h2-5H,1H3,(H,11,13)(H3,10,12,16). The van der Waals surface area contributed by atoms with Crippen LogP contribution in [-0.2, 0) is 14.8 Å². The summed E-state index contributed by atoms with van der Waals surface area (Å²) in [6.45, 7) is 1.36. The molecule has 17 heavy (non-hydrogen) atoms. The van der Waals surface area contributed by atoms with Crippen molar-refractivity contribution in [3.8, 4) is 0 Å². The molecule has 0 fully saturated rings. The second-order valence-corrected chi connectivity index (χ2v) is 5.30. The van der Waals surface area contributed by atoms with Crippen molar-refractivity contribution in [1.29, 1.82) is 0 Å². The van der Waals surface area contributed by atoms with Gasteiger partial charge in [-0.1, -0.05) is 0 Å². The van der Waals surface area contributed by atoms with E-state index in [0.29, 0.717) is 5.69 Å². The molecular formula is C9H11N3O3S2. The molecule has 4 N–H and O–H groups in total. The summed E-state index contributed by atoms with van der Waals surface area (Å²) in [5.74, 6) is -0.234. The Balaban J connectivity index is 2.94. The van der Waals surface area contributed by atoms with Crippen LogP contribution in [0.3, 0.4) is 0 Å². The zero-order chi connectivity index (χ0) is 13.1. The predicted octanol–water partition coefficient (Wildman–Crippen LogP) is 0.167. The normalized spacial score (nSPS) is 10.6. The van der Waals surface area contributed by atoms with Gasteiger partial charge in [0, 0.05) is 12.6 Å². The third kappa shape index (κ3) is 4.00. The number of carbonyl (C=O) groups excluding carboxylic acids is 1. The third-order valence-electron chi connectivity index (χ3n) is 1.72. The van der Waals surface area contributed by atoms with Crippen molar-refractivity contribution >= 4 is 38.9 Å². The summed E-state index contributed by atoms with van der Waals surface area (Å²) in [5, 5.41) is 2.20. The minimum Gasteiger partial charge on any atom is -0.376 e. The minimum atomic E-state index is -3.73. The summed E-state index contributed by atoms with van der Waals surface area (Å²) < 4.78 is 25.2. The molecule has 0 aliphatic heterocycles. The maximum atomic E-state index is 11.6. The number of rotatable bonds is 3. The number of sulfonamides is 1. The molecule has 1 aromatic carbocycles. The van der Waals surface area contributed by atoms with Crippen molar-refractivity contribution in [2.24, 2.45) is 5.73 Å². The molecule has 1 aromatic rings. The number of hydrogen-bond acceptors (Lipinski definition) is 4. The number of thiocarbonyl (C=S) groups is 1. The Kier molecular flexibility index (Phi) is 4.02. The first-order valence-corrected chi connectivity index (χ1v) is 6.40. The predicted molar refractivity (Wildman–Crippen MR) is 67.9 cm³/mol. The van der Waals surface area contributed by atoms with E-state index in [2.05, 4.69) is 17.5 Å². The topological polar surface area (TPSA) is 101 Å². The highest BCUT2D eigenvalue weighted by Crippen LogP contribution is 2.13. The molecule has 92 valence electrons. The van der Waals surface area contributed by atoms with Gasteiger partial charge in [-0.2, -0.15) is 0 Å². The number of hydrogen-bond donors (Lipinski definition) is 3. The minimum absolute atomic E-state index is 0.0133. The molecule has 0 spiro atoms. The highest BCUT2D eigenvalue weighted by Gasteiger charge is 2.13. The average molecular weight is 273 g/mol. The highest BCUT2D eigenvalue weighted by molar-refractivity contribution is 7.91. The van der Waals surface area contributed by atoms with Crippen LogP contribution in [0, 0.1) is 0 Å². The first-order chi connectivity index (χ1) is 7.81. The number of carbonyl (C=O) groups is 1. The molecule has 0 bridgehead atoms. The molecule has 0 aliphatic rings. The molecule has 1 amide bonds. The van der Waals surface area contributed by atoms with Gasteiger partial charge in [0.05, 0.1) is 4.90 Å². The van der Waals surface area contributed by atoms with Gasteiger partial charge >= 0.3 is 0 Å². The van der Waals surface area contributed by atoms with Gasteiger partial charge in [0.2, 0.25) is 5.91 Å². The second-order valence-electron chi connectivity index (χ2n) is 3.18. The lowest BCUT2D eigenvalue weighted by molar-refractivity contribution is -0.114. The van der Waals surface area contributed by atoms with Gasteiger partial charge in [0.25, 0.3) is 10.0 Å². The molecule has 0 aliphatic carbocycles. The molecule has 8 heteroatoms. The summed E-state index contributed by atoms with van der Waals surface area (Å²) in [6, 6.07) is 5.61. The van der Waals surface area contributed by atoms with Crippen molar-refractivity contribution in [2.75, 3.05) is 5.32 Å². The molecule has 0 unspecified atom stereocenters. The monoisotopic (exact) mass is 273 g/mol. The fraction of sp³-hybridized carbons (Fsp3) is 0.111. The molecule has 6 nitrogen and oxygen atoms in total. The quantitative estimate of drug-likeness (QED) is 0.681. The van der Waals surface area contributed by atoms with E-state index in [4.69, 9.17) is 5.73 Å². The van der Waals surface area contributed by atoms with Gasteiger partial charge in [-0.25, -0.2) is 8.42 Å². The number of benzene rings is 1. The van der Waals surface area contributed by atoms with Crippen LogP contribution in [0.4, 0.5) is 5.69 Å². The van der Waals surface area contributed by atoms with Crippen molar-refractivity contribution in [1.82, 2.24) is 4.72 Å². The zero-order valence-electron chi connectivity index (χ0n) is 8.93. The lowest BCUT2D eigenvalue weighted by atomic mass is 10.3. The van der Waals surface area contributed by atoms with Gasteiger partial charge in [-0.15, -0.1) is 0 Å². The van der Waals surface area contributed by atoms with Crippen LogP contribution in [0.2, 0.25) is 0 Å². The van der Waals surface area contributed by atoms with E-state index in [1.54, 1.807) is 0 Å². The largest absolute Gasteiger partial charge is 0.376 e. The molecule has 1 rings (SSSR count). The Morgan fingerprint density at radius 1 is 1.29 bits per heavy atom. The summed E-state index contributed by atoms with van der Waals surface area (Å²) in [5.41, 5.74) is 5.60. The SMILES string of the molecule is CC(=O)Nc1ccc(S(=O)(=O)NC(N)=S)cc1. The first kappa shape index (κ1) is 13.4. The van der Waals surface area contributed by atoms with Crippen LogP contribution in [-0.4, -0.2) is 19.4 Å². The lowest BCUT2D eigenvalue weighted by Crippen LogP contribution is -2.34. The van der Waals surface area contributed by atoms with Crippen LogP contribution in [0.1, 0.15) is 6.92 Å². The highest BCUT2D eigenvalue weighted by atomic mass is 32.2. The number of nitrogens with one attached hydrogen (secondary N) is 2. The fourth-order valence-corrected chi connectivity index (χ4v) is 2.32. The van der Waals surface area contributed by atoms with E-state index in [1.165, 1.54) is 31.2 Å². The Labute approximate surface area is 104 Å². The number of nitrogens with two attached hydrogens (primary N) is 1. The van der Waals surface area contributed by atoms with Crippen molar-refractivity contribution in [2.45, 2.75) is 11.8 Å². The van der Waals surface area contributed by atoms with E-state index in [1.807, 2.05) is 4.72 Å². The average Bonchev–Trinajstić information content (AvgIpc) is 2.15. The van der Waals surface area contributed by atoms with Crippen LogP contribution in [0.5, 0.6) is 0 Å². The van der Waals surface area contributed by atoms with E-state index in [9.17, 15) is 13.2 Å². The Morgan fingerprint density at radius 3 is 2.24 bits per heavy atom. The summed E-state index contributed by atoms with van der Waals surface area (Å²) >= 11 is 4.46. The molecule has 0 saturated carbocycles. The maximum Gasteiger partial charge on any atom is 0.263 e. The molecule has 0 heterocycles. The lowest BCUT2D eigenvalue weighted by Gasteiger charge is -2.07.